The van der Waals surface area contributed by atoms with E-state index >= 15 is 0 Å². The summed E-state index contributed by atoms with van der Waals surface area (Å²) < 4.78 is 0. The number of likely N-dealkylation sites (N-methyl/N-ethyl adjacent to an activating group) is 1. The minimum absolute atomic E-state index is 0.0942. The minimum Gasteiger partial charge on any atom is -0.507 e. The third kappa shape index (κ3) is 3.63. The second-order valence-electron chi connectivity index (χ2n) is 6.73. The van der Waals surface area contributed by atoms with Crippen molar-refractivity contribution in [2.24, 2.45) is 0 Å². The van der Waals surface area contributed by atoms with Crippen molar-refractivity contribution < 1.29 is 14.7 Å². The van der Waals surface area contributed by atoms with Gasteiger partial charge in [0.25, 0.3) is 11.7 Å². The van der Waals surface area contributed by atoms with Gasteiger partial charge in [-0.3, -0.25) is 9.59 Å². The predicted molar refractivity (Wildman–Crippen MR) is 103 cm³/mol. The third-order valence-electron chi connectivity index (χ3n) is 4.50. The van der Waals surface area contributed by atoms with Gasteiger partial charge in [-0.25, -0.2) is 9.97 Å². The number of amides is 1. The number of likely N-dealkylation sites (tertiary alicyclic amines) is 1. The summed E-state index contributed by atoms with van der Waals surface area (Å²) in [7, 11) is 3.81. The second kappa shape index (κ2) is 7.58. The summed E-state index contributed by atoms with van der Waals surface area (Å²) in [6.07, 6.45) is 1.49. The minimum atomic E-state index is -0.676. The zero-order valence-electron chi connectivity index (χ0n) is 15.8. The maximum atomic E-state index is 12.8. The summed E-state index contributed by atoms with van der Waals surface area (Å²) in [5.41, 5.74) is 1.02. The molecule has 2 aromatic rings. The van der Waals surface area contributed by atoms with Gasteiger partial charge in [-0.2, -0.15) is 0 Å². The van der Waals surface area contributed by atoms with Crippen molar-refractivity contribution in [2.45, 2.75) is 19.9 Å². The Morgan fingerprint density at radius 2 is 2.07 bits per heavy atom. The standard InChI is InChI=1S/C19H22N4O3S/c1-11-13(10-20-12(2)21-11)17(24)15-16(14-6-5-9-27-14)23(8-7-22(3)4)19(26)18(15)25/h5-6,9-10,16,24H,7-8H2,1-4H3/b17-15+. The fourth-order valence-corrected chi connectivity index (χ4v) is 3.97. The van der Waals surface area contributed by atoms with Crippen LogP contribution < -0.4 is 0 Å². The molecule has 0 radical (unpaired) electrons. The topological polar surface area (TPSA) is 86.6 Å². The van der Waals surface area contributed by atoms with Crippen molar-refractivity contribution in [3.8, 4) is 0 Å². The highest BCUT2D eigenvalue weighted by atomic mass is 32.1. The smallest absolute Gasteiger partial charge is 0.295 e. The number of aryl methyl sites for hydroxylation is 2. The highest BCUT2D eigenvalue weighted by Gasteiger charge is 2.46. The lowest BCUT2D eigenvalue weighted by molar-refractivity contribution is -0.140. The number of carbonyl (C=O) groups excluding carboxylic acids is 2. The largest absolute Gasteiger partial charge is 0.507 e. The molecule has 0 aromatic carbocycles. The number of aliphatic hydroxyl groups excluding tert-OH is 1. The number of rotatable bonds is 5. The van der Waals surface area contributed by atoms with Gasteiger partial charge in [0.15, 0.2) is 0 Å². The number of thiophene rings is 1. The number of carbonyl (C=O) groups is 2. The van der Waals surface area contributed by atoms with Crippen LogP contribution in [0.5, 0.6) is 0 Å². The zero-order valence-corrected chi connectivity index (χ0v) is 16.6. The van der Waals surface area contributed by atoms with E-state index in [-0.39, 0.29) is 11.3 Å². The highest BCUT2D eigenvalue weighted by Crippen LogP contribution is 2.41. The van der Waals surface area contributed by atoms with E-state index in [1.807, 2.05) is 36.5 Å². The average Bonchev–Trinajstić information content (AvgIpc) is 3.20. The molecule has 1 aliphatic heterocycles. The molecule has 0 saturated carbocycles. The first-order valence-corrected chi connectivity index (χ1v) is 9.46. The number of nitrogens with zero attached hydrogens (tertiary/aromatic N) is 4. The molecule has 1 saturated heterocycles. The Morgan fingerprint density at radius 3 is 2.67 bits per heavy atom. The number of aromatic nitrogens is 2. The molecule has 1 aliphatic rings. The molecule has 1 amide bonds. The van der Waals surface area contributed by atoms with E-state index in [9.17, 15) is 14.7 Å². The quantitative estimate of drug-likeness (QED) is 0.481. The van der Waals surface area contributed by atoms with Crippen LogP contribution in [0.15, 0.2) is 29.3 Å². The predicted octanol–water partition coefficient (Wildman–Crippen LogP) is 2.14. The van der Waals surface area contributed by atoms with E-state index < -0.39 is 17.7 Å². The number of ketones is 1. The van der Waals surface area contributed by atoms with E-state index in [1.54, 1.807) is 13.8 Å². The first kappa shape index (κ1) is 19.2. The Morgan fingerprint density at radius 1 is 1.33 bits per heavy atom. The van der Waals surface area contributed by atoms with Crippen molar-refractivity contribution in [1.29, 1.82) is 0 Å². The molecule has 142 valence electrons. The Hall–Kier alpha value is -2.58. The van der Waals surface area contributed by atoms with Gasteiger partial charge in [-0.1, -0.05) is 6.07 Å². The van der Waals surface area contributed by atoms with Crippen LogP contribution in [0.25, 0.3) is 5.76 Å². The van der Waals surface area contributed by atoms with Crippen LogP contribution >= 0.6 is 11.3 Å². The van der Waals surface area contributed by atoms with E-state index in [0.29, 0.717) is 30.2 Å². The molecule has 7 nitrogen and oxygen atoms in total. The highest BCUT2D eigenvalue weighted by molar-refractivity contribution is 7.10. The summed E-state index contributed by atoms with van der Waals surface area (Å²) in [5, 5.41) is 12.8. The Balaban J connectivity index is 2.13. The summed E-state index contributed by atoms with van der Waals surface area (Å²) in [4.78, 5) is 38.2. The van der Waals surface area contributed by atoms with E-state index in [0.717, 1.165) is 4.88 Å². The van der Waals surface area contributed by atoms with Crippen LogP contribution in [0.3, 0.4) is 0 Å². The van der Waals surface area contributed by atoms with Crippen molar-refractivity contribution in [2.75, 3.05) is 27.2 Å². The molecule has 1 fully saturated rings. The van der Waals surface area contributed by atoms with Crippen LogP contribution in [0.4, 0.5) is 0 Å². The molecule has 27 heavy (non-hydrogen) atoms. The number of Topliss-reactive ketones (excluding diaryl/α,β-unsaturated/α-hetero) is 1. The Bertz CT molecular complexity index is 906. The Kier molecular flexibility index (Phi) is 5.38. The van der Waals surface area contributed by atoms with Gasteiger partial charge < -0.3 is 14.9 Å². The first-order valence-electron chi connectivity index (χ1n) is 8.58. The van der Waals surface area contributed by atoms with Gasteiger partial charge in [0, 0.05) is 24.2 Å². The molecule has 8 heteroatoms. The van der Waals surface area contributed by atoms with Crippen LogP contribution in [0.1, 0.15) is 28.0 Å². The number of hydrogen-bond donors (Lipinski definition) is 1. The summed E-state index contributed by atoms with van der Waals surface area (Å²) in [6.45, 7) is 4.50. The van der Waals surface area contributed by atoms with Gasteiger partial charge in [0.05, 0.1) is 22.9 Å². The molecule has 1 N–H and O–H groups in total. The zero-order chi connectivity index (χ0) is 19.7. The lowest BCUT2D eigenvalue weighted by Crippen LogP contribution is -2.35. The molecule has 3 heterocycles. The van der Waals surface area contributed by atoms with Gasteiger partial charge in [0.1, 0.15) is 11.6 Å². The van der Waals surface area contributed by atoms with Crippen molar-refractivity contribution in [1.82, 2.24) is 19.8 Å². The molecular formula is C19H22N4O3S. The van der Waals surface area contributed by atoms with E-state index in [1.165, 1.54) is 22.4 Å². The molecule has 0 aliphatic carbocycles. The molecule has 0 bridgehead atoms. The van der Waals surface area contributed by atoms with Crippen LogP contribution in [-0.4, -0.2) is 63.7 Å². The van der Waals surface area contributed by atoms with E-state index in [2.05, 4.69) is 9.97 Å². The summed E-state index contributed by atoms with van der Waals surface area (Å²) in [5.74, 6) is -0.922. The molecule has 3 rings (SSSR count). The lowest BCUT2D eigenvalue weighted by atomic mass is 10.00. The monoisotopic (exact) mass is 386 g/mol. The number of hydrogen-bond acceptors (Lipinski definition) is 7. The normalized spacial score (nSPS) is 19.3. The maximum Gasteiger partial charge on any atom is 0.295 e. The SMILES string of the molecule is Cc1ncc(/C(O)=C2\C(=O)C(=O)N(CCN(C)C)C2c2cccs2)c(C)n1. The van der Waals surface area contributed by atoms with Gasteiger partial charge in [0.2, 0.25) is 0 Å². The fourth-order valence-electron chi connectivity index (χ4n) is 3.12. The maximum absolute atomic E-state index is 12.8. The molecule has 1 atom stereocenters. The van der Waals surface area contributed by atoms with Gasteiger partial charge in [-0.15, -0.1) is 11.3 Å². The van der Waals surface area contributed by atoms with Gasteiger partial charge >= 0.3 is 0 Å². The summed E-state index contributed by atoms with van der Waals surface area (Å²) >= 11 is 1.45. The second-order valence-corrected chi connectivity index (χ2v) is 7.71. The van der Waals surface area contributed by atoms with Gasteiger partial charge in [-0.05, 0) is 39.4 Å². The molecule has 0 spiro atoms. The van der Waals surface area contributed by atoms with Crippen LogP contribution in [-0.2, 0) is 9.59 Å². The number of aliphatic hydroxyl groups is 1. The molecule has 1 unspecified atom stereocenters. The average molecular weight is 386 g/mol. The van der Waals surface area contributed by atoms with Crippen molar-refractivity contribution in [3.63, 3.8) is 0 Å². The fraction of sp³-hybridized carbons (Fsp3) is 0.368. The first-order chi connectivity index (χ1) is 12.8. The van der Waals surface area contributed by atoms with Crippen LogP contribution in [0, 0.1) is 13.8 Å². The van der Waals surface area contributed by atoms with Crippen molar-refractivity contribution in [3.05, 3.63) is 51.2 Å². The molecule has 2 aromatic heterocycles. The van der Waals surface area contributed by atoms with Crippen LogP contribution in [0.2, 0.25) is 0 Å². The Labute approximate surface area is 162 Å². The summed E-state index contributed by atoms with van der Waals surface area (Å²) in [6, 6.07) is 3.13. The van der Waals surface area contributed by atoms with E-state index in [4.69, 9.17) is 0 Å². The lowest BCUT2D eigenvalue weighted by Gasteiger charge is -2.25. The van der Waals surface area contributed by atoms with Crippen molar-refractivity contribution >= 4 is 28.8 Å². The molecular weight excluding hydrogens is 364 g/mol. The third-order valence-corrected chi connectivity index (χ3v) is 5.42.